The summed E-state index contributed by atoms with van der Waals surface area (Å²) in [5, 5.41) is 18.7. The van der Waals surface area contributed by atoms with Gasteiger partial charge in [-0.2, -0.15) is 0 Å². The molecule has 2 aromatic carbocycles. The first kappa shape index (κ1) is 13.8. The van der Waals surface area contributed by atoms with Crippen molar-refractivity contribution in [3.8, 4) is 5.75 Å². The number of rotatable bonds is 4. The molecule has 0 spiro atoms. The second-order valence-electron chi connectivity index (χ2n) is 4.38. The number of hydrogen-bond acceptors (Lipinski definition) is 3. The van der Waals surface area contributed by atoms with Gasteiger partial charge in [0, 0.05) is 11.1 Å². The van der Waals surface area contributed by atoms with Gasteiger partial charge in [-0.05, 0) is 36.2 Å². The van der Waals surface area contributed by atoms with E-state index in [0.717, 1.165) is 0 Å². The van der Waals surface area contributed by atoms with E-state index in [4.69, 9.17) is 5.11 Å². The molecule has 0 saturated heterocycles. The molecule has 0 atom stereocenters. The summed E-state index contributed by atoms with van der Waals surface area (Å²) in [6.07, 6.45) is 0.591. The normalized spacial score (nSPS) is 10.2. The third kappa shape index (κ3) is 2.54. The third-order valence-electron chi connectivity index (χ3n) is 3.12. The maximum atomic E-state index is 12.4. The second kappa shape index (κ2) is 5.57. The Morgan fingerprint density at radius 1 is 1.05 bits per heavy atom. The van der Waals surface area contributed by atoms with Crippen molar-refractivity contribution in [3.63, 3.8) is 0 Å². The molecule has 0 aliphatic rings. The fraction of sp³-hybridized carbons (Fsp3) is 0.125. The molecule has 2 aromatic rings. The van der Waals surface area contributed by atoms with Crippen molar-refractivity contribution in [2.45, 2.75) is 13.3 Å². The van der Waals surface area contributed by atoms with Crippen LogP contribution in [0.25, 0.3) is 0 Å². The monoisotopic (exact) mass is 270 g/mol. The van der Waals surface area contributed by atoms with E-state index >= 15 is 0 Å². The summed E-state index contributed by atoms with van der Waals surface area (Å²) >= 11 is 0. The quantitative estimate of drug-likeness (QED) is 0.838. The van der Waals surface area contributed by atoms with Gasteiger partial charge in [0.1, 0.15) is 5.75 Å². The van der Waals surface area contributed by atoms with E-state index in [9.17, 15) is 14.7 Å². The van der Waals surface area contributed by atoms with Gasteiger partial charge in [0.05, 0.1) is 5.56 Å². The van der Waals surface area contributed by atoms with Crippen LogP contribution in [-0.2, 0) is 6.42 Å². The van der Waals surface area contributed by atoms with E-state index in [1.807, 2.05) is 6.92 Å². The Morgan fingerprint density at radius 2 is 1.70 bits per heavy atom. The molecule has 2 rings (SSSR count). The summed E-state index contributed by atoms with van der Waals surface area (Å²) in [4.78, 5) is 23.5. The van der Waals surface area contributed by atoms with Crippen molar-refractivity contribution in [2.75, 3.05) is 0 Å². The molecule has 0 unspecified atom stereocenters. The number of ketones is 1. The number of carboxylic acids is 1. The highest BCUT2D eigenvalue weighted by Crippen LogP contribution is 2.22. The van der Waals surface area contributed by atoms with Crippen molar-refractivity contribution >= 4 is 11.8 Å². The van der Waals surface area contributed by atoms with Gasteiger partial charge in [0.15, 0.2) is 5.78 Å². The summed E-state index contributed by atoms with van der Waals surface area (Å²) in [5.74, 6) is -1.36. The molecule has 0 aliphatic heterocycles. The van der Waals surface area contributed by atoms with Crippen LogP contribution in [0.15, 0.2) is 42.5 Å². The lowest BCUT2D eigenvalue weighted by molar-refractivity contribution is 0.0693. The minimum absolute atomic E-state index is 0.0244. The maximum absolute atomic E-state index is 12.4. The van der Waals surface area contributed by atoms with Gasteiger partial charge in [0.2, 0.25) is 0 Å². The Hall–Kier alpha value is -2.62. The summed E-state index contributed by atoms with van der Waals surface area (Å²) in [7, 11) is 0. The zero-order valence-corrected chi connectivity index (χ0v) is 11.0. The van der Waals surface area contributed by atoms with E-state index in [1.165, 1.54) is 24.3 Å². The van der Waals surface area contributed by atoms with Crippen molar-refractivity contribution < 1.29 is 19.8 Å². The van der Waals surface area contributed by atoms with Crippen LogP contribution in [0.1, 0.15) is 38.8 Å². The lowest BCUT2D eigenvalue weighted by Gasteiger charge is -2.07. The molecule has 102 valence electrons. The summed E-state index contributed by atoms with van der Waals surface area (Å²) < 4.78 is 0. The van der Waals surface area contributed by atoms with Gasteiger partial charge in [-0.1, -0.05) is 25.1 Å². The third-order valence-corrected chi connectivity index (χ3v) is 3.12. The zero-order valence-electron chi connectivity index (χ0n) is 11.0. The standard InChI is InChI=1S/C16H14O4/c1-2-10-9-11(7-8-14(10)17)15(18)12-5-3-4-6-13(12)16(19)20/h3-9,17H,2H2,1H3,(H,19,20). The highest BCUT2D eigenvalue weighted by Gasteiger charge is 2.18. The largest absolute Gasteiger partial charge is 0.508 e. The summed E-state index contributed by atoms with van der Waals surface area (Å²) in [5.41, 5.74) is 1.15. The first-order valence-corrected chi connectivity index (χ1v) is 6.23. The molecule has 0 aliphatic carbocycles. The van der Waals surface area contributed by atoms with Crippen LogP contribution < -0.4 is 0 Å². The number of aromatic hydroxyl groups is 1. The molecule has 0 bridgehead atoms. The first-order valence-electron chi connectivity index (χ1n) is 6.23. The van der Waals surface area contributed by atoms with Gasteiger partial charge in [-0.25, -0.2) is 4.79 Å². The van der Waals surface area contributed by atoms with Crippen LogP contribution in [0.5, 0.6) is 5.75 Å². The molecule has 0 saturated carbocycles. The number of carbonyl (C=O) groups excluding carboxylic acids is 1. The van der Waals surface area contributed by atoms with Crippen LogP contribution in [0.2, 0.25) is 0 Å². The second-order valence-corrected chi connectivity index (χ2v) is 4.38. The molecule has 0 radical (unpaired) electrons. The molecular formula is C16H14O4. The van der Waals surface area contributed by atoms with E-state index < -0.39 is 5.97 Å². The lowest BCUT2D eigenvalue weighted by atomic mass is 9.96. The van der Waals surface area contributed by atoms with E-state index in [2.05, 4.69) is 0 Å². The highest BCUT2D eigenvalue weighted by molar-refractivity contribution is 6.14. The van der Waals surface area contributed by atoms with Crippen LogP contribution in [0.4, 0.5) is 0 Å². The number of aromatic carboxylic acids is 1. The molecule has 20 heavy (non-hydrogen) atoms. The minimum Gasteiger partial charge on any atom is -0.508 e. The Balaban J connectivity index is 2.49. The molecule has 4 heteroatoms. The predicted molar refractivity (Wildman–Crippen MR) is 74.3 cm³/mol. The number of carbonyl (C=O) groups is 2. The topological polar surface area (TPSA) is 74.6 Å². The molecule has 2 N–H and O–H groups in total. The van der Waals surface area contributed by atoms with Crippen molar-refractivity contribution in [1.82, 2.24) is 0 Å². The molecule has 0 fully saturated rings. The van der Waals surface area contributed by atoms with Crippen molar-refractivity contribution in [3.05, 3.63) is 64.7 Å². The number of benzene rings is 2. The number of carboxylic acid groups (broad SMARTS) is 1. The maximum Gasteiger partial charge on any atom is 0.336 e. The summed E-state index contributed by atoms with van der Waals surface area (Å²) in [6, 6.07) is 10.6. The summed E-state index contributed by atoms with van der Waals surface area (Å²) in [6.45, 7) is 1.87. The molecule has 0 aromatic heterocycles. The Kier molecular flexibility index (Phi) is 3.84. The number of phenolic OH excluding ortho intramolecular Hbond substituents is 1. The van der Waals surface area contributed by atoms with Gasteiger partial charge in [-0.15, -0.1) is 0 Å². The minimum atomic E-state index is -1.14. The van der Waals surface area contributed by atoms with Crippen molar-refractivity contribution in [1.29, 1.82) is 0 Å². The van der Waals surface area contributed by atoms with Crippen LogP contribution in [0.3, 0.4) is 0 Å². The molecule has 4 nitrogen and oxygen atoms in total. The molecule has 0 heterocycles. The highest BCUT2D eigenvalue weighted by atomic mass is 16.4. The fourth-order valence-electron chi connectivity index (χ4n) is 2.03. The lowest BCUT2D eigenvalue weighted by Crippen LogP contribution is -2.09. The SMILES string of the molecule is CCc1cc(C(=O)c2ccccc2C(=O)O)ccc1O. The number of hydrogen-bond donors (Lipinski definition) is 2. The number of phenols is 1. The molecular weight excluding hydrogens is 256 g/mol. The van der Waals surface area contributed by atoms with Crippen LogP contribution >= 0.6 is 0 Å². The Bertz CT molecular complexity index is 674. The average Bonchev–Trinajstić information content (AvgIpc) is 2.47. The van der Waals surface area contributed by atoms with Gasteiger partial charge in [0.25, 0.3) is 0 Å². The average molecular weight is 270 g/mol. The van der Waals surface area contributed by atoms with Gasteiger partial charge in [-0.3, -0.25) is 4.79 Å². The van der Waals surface area contributed by atoms with Crippen LogP contribution in [-0.4, -0.2) is 22.0 Å². The van der Waals surface area contributed by atoms with Crippen LogP contribution in [0, 0.1) is 0 Å². The number of aryl methyl sites for hydroxylation is 1. The van der Waals surface area contributed by atoms with E-state index in [0.29, 0.717) is 17.5 Å². The smallest absolute Gasteiger partial charge is 0.336 e. The van der Waals surface area contributed by atoms with Gasteiger partial charge >= 0.3 is 5.97 Å². The predicted octanol–water partition coefficient (Wildman–Crippen LogP) is 2.88. The first-order chi connectivity index (χ1) is 9.54. The van der Waals surface area contributed by atoms with Gasteiger partial charge < -0.3 is 10.2 Å². The fourth-order valence-corrected chi connectivity index (χ4v) is 2.03. The van der Waals surface area contributed by atoms with E-state index in [-0.39, 0.29) is 22.7 Å². The Morgan fingerprint density at radius 3 is 2.30 bits per heavy atom. The molecule has 0 amide bonds. The zero-order chi connectivity index (χ0) is 14.7. The Labute approximate surface area is 116 Å². The van der Waals surface area contributed by atoms with E-state index in [1.54, 1.807) is 18.2 Å². The van der Waals surface area contributed by atoms with Crippen molar-refractivity contribution in [2.24, 2.45) is 0 Å².